The minimum atomic E-state index is -0.551. The maximum Gasteiger partial charge on any atom is 0.255 e. The van der Waals surface area contributed by atoms with Gasteiger partial charge >= 0.3 is 0 Å². The van der Waals surface area contributed by atoms with Crippen molar-refractivity contribution in [1.82, 2.24) is 20.9 Å². The van der Waals surface area contributed by atoms with Crippen molar-refractivity contribution < 1.29 is 14.4 Å². The Labute approximate surface area is 164 Å². The number of fused-ring (bicyclic) bond motifs is 1. The molecule has 2 saturated heterocycles. The lowest BCUT2D eigenvalue weighted by Crippen LogP contribution is -2.52. The van der Waals surface area contributed by atoms with Gasteiger partial charge in [-0.15, -0.1) is 0 Å². The van der Waals surface area contributed by atoms with E-state index in [1.54, 1.807) is 4.90 Å². The van der Waals surface area contributed by atoms with E-state index in [9.17, 15) is 14.4 Å². The molecule has 7 heteroatoms. The number of imide groups is 1. The number of benzene rings is 1. The van der Waals surface area contributed by atoms with E-state index in [1.165, 1.54) is 19.3 Å². The zero-order valence-electron chi connectivity index (χ0n) is 15.9. The number of amides is 3. The molecule has 3 aliphatic heterocycles. The van der Waals surface area contributed by atoms with Gasteiger partial charge < -0.3 is 15.5 Å². The molecule has 5 rings (SSSR count). The lowest BCUT2D eigenvalue weighted by Gasteiger charge is -2.39. The highest BCUT2D eigenvalue weighted by Crippen LogP contribution is 2.41. The summed E-state index contributed by atoms with van der Waals surface area (Å²) in [6, 6.07) is 6.03. The van der Waals surface area contributed by atoms with Crippen LogP contribution in [-0.4, -0.2) is 47.8 Å². The van der Waals surface area contributed by atoms with Crippen LogP contribution in [0.5, 0.6) is 0 Å². The highest BCUT2D eigenvalue weighted by atomic mass is 16.2. The van der Waals surface area contributed by atoms with Crippen molar-refractivity contribution in [2.75, 3.05) is 13.1 Å². The van der Waals surface area contributed by atoms with Crippen LogP contribution >= 0.6 is 0 Å². The third-order valence-electron chi connectivity index (χ3n) is 6.89. The maximum atomic E-state index is 12.9. The lowest BCUT2D eigenvalue weighted by molar-refractivity contribution is -0.136. The van der Waals surface area contributed by atoms with Crippen molar-refractivity contribution in [3.63, 3.8) is 0 Å². The Kier molecular flexibility index (Phi) is 4.25. The van der Waals surface area contributed by atoms with E-state index >= 15 is 0 Å². The molecule has 1 aromatic rings. The van der Waals surface area contributed by atoms with Gasteiger partial charge in [0.1, 0.15) is 6.04 Å². The summed E-state index contributed by atoms with van der Waals surface area (Å²) in [5.74, 6) is -0.725. The summed E-state index contributed by atoms with van der Waals surface area (Å²) >= 11 is 0. The van der Waals surface area contributed by atoms with Crippen LogP contribution in [0.1, 0.15) is 53.6 Å². The van der Waals surface area contributed by atoms with Crippen molar-refractivity contribution in [2.24, 2.45) is 5.41 Å². The van der Waals surface area contributed by atoms with Crippen molar-refractivity contribution >= 4 is 17.7 Å². The monoisotopic (exact) mass is 382 g/mol. The molecule has 3 N–H and O–H groups in total. The summed E-state index contributed by atoms with van der Waals surface area (Å²) in [6.45, 7) is 3.49. The zero-order chi connectivity index (χ0) is 19.3. The number of nitrogens with zero attached hydrogens (tertiary/aromatic N) is 1. The molecular formula is C21H26N4O3. The largest absolute Gasteiger partial charge is 0.322 e. The minimum absolute atomic E-state index is 0.105. The zero-order valence-corrected chi connectivity index (χ0v) is 15.9. The fourth-order valence-electron chi connectivity index (χ4n) is 5.16. The number of carbonyl (C=O) groups is 3. The normalized spacial score (nSPS) is 28.4. The molecular weight excluding hydrogens is 356 g/mol. The fraction of sp³-hybridized carbons (Fsp3) is 0.571. The van der Waals surface area contributed by atoms with Gasteiger partial charge in [-0.1, -0.05) is 12.1 Å². The Balaban J connectivity index is 1.23. The molecule has 1 saturated carbocycles. The molecule has 2 atom stereocenters. The van der Waals surface area contributed by atoms with Crippen LogP contribution in [0.4, 0.5) is 0 Å². The van der Waals surface area contributed by atoms with Crippen LogP contribution in [0.3, 0.4) is 0 Å². The third kappa shape index (κ3) is 3.02. The molecule has 2 unspecified atom stereocenters. The Bertz CT molecular complexity index is 848. The average molecular weight is 382 g/mol. The van der Waals surface area contributed by atoms with Gasteiger partial charge in [0.2, 0.25) is 11.8 Å². The predicted molar refractivity (Wildman–Crippen MR) is 102 cm³/mol. The number of nitrogens with one attached hydrogen (secondary N) is 3. The van der Waals surface area contributed by atoms with E-state index in [0.29, 0.717) is 30.0 Å². The van der Waals surface area contributed by atoms with Crippen LogP contribution in [0.15, 0.2) is 18.2 Å². The number of piperidine rings is 1. The van der Waals surface area contributed by atoms with Gasteiger partial charge in [0, 0.05) is 44.2 Å². The SMILES string of the molecule is O=C1CCC(N2Cc3ccc(CNC4CCC5(CNC5)C4)cc3C2=O)C(=O)N1. The second-order valence-electron chi connectivity index (χ2n) is 8.82. The molecule has 1 aliphatic carbocycles. The molecule has 0 aromatic heterocycles. The number of rotatable bonds is 4. The first kappa shape index (κ1) is 17.8. The highest BCUT2D eigenvalue weighted by molar-refractivity contribution is 6.05. The van der Waals surface area contributed by atoms with E-state index in [2.05, 4.69) is 22.0 Å². The molecule has 0 bridgehead atoms. The van der Waals surface area contributed by atoms with Crippen LogP contribution in [-0.2, 0) is 22.7 Å². The second kappa shape index (κ2) is 6.67. The van der Waals surface area contributed by atoms with Gasteiger partial charge in [-0.25, -0.2) is 0 Å². The molecule has 0 radical (unpaired) electrons. The van der Waals surface area contributed by atoms with Crippen molar-refractivity contribution in [3.8, 4) is 0 Å². The highest BCUT2D eigenvalue weighted by Gasteiger charge is 2.43. The molecule has 7 nitrogen and oxygen atoms in total. The van der Waals surface area contributed by atoms with Gasteiger partial charge in [0.25, 0.3) is 5.91 Å². The number of hydrogen-bond acceptors (Lipinski definition) is 5. The van der Waals surface area contributed by atoms with E-state index < -0.39 is 6.04 Å². The Morgan fingerprint density at radius 2 is 2.04 bits per heavy atom. The molecule has 3 heterocycles. The van der Waals surface area contributed by atoms with E-state index in [0.717, 1.165) is 30.8 Å². The summed E-state index contributed by atoms with van der Waals surface area (Å²) in [7, 11) is 0. The predicted octanol–water partition coefficient (Wildman–Crippen LogP) is 0.679. The number of hydrogen-bond donors (Lipinski definition) is 3. The molecule has 3 amide bonds. The van der Waals surface area contributed by atoms with E-state index in [4.69, 9.17) is 0 Å². The topological polar surface area (TPSA) is 90.5 Å². The molecule has 4 aliphatic rings. The van der Waals surface area contributed by atoms with Gasteiger partial charge in [0.05, 0.1) is 0 Å². The average Bonchev–Trinajstić information content (AvgIpc) is 3.22. The maximum absolute atomic E-state index is 12.9. The van der Waals surface area contributed by atoms with Crippen LogP contribution in [0.25, 0.3) is 0 Å². The summed E-state index contributed by atoms with van der Waals surface area (Å²) in [6.07, 6.45) is 4.42. The third-order valence-corrected chi connectivity index (χ3v) is 6.89. The smallest absolute Gasteiger partial charge is 0.255 e. The quantitative estimate of drug-likeness (QED) is 0.667. The Morgan fingerprint density at radius 1 is 1.18 bits per heavy atom. The standard InChI is InChI=1S/C21H26N4O3/c26-18-4-3-17(19(27)24-18)25-10-14-2-1-13(7-16(14)20(25)28)9-23-15-5-6-21(8-15)11-22-12-21/h1-2,7,15,17,22-23H,3-6,8-12H2,(H,24,26,27). The van der Waals surface area contributed by atoms with Crippen molar-refractivity contribution in [3.05, 3.63) is 34.9 Å². The lowest BCUT2D eigenvalue weighted by atomic mass is 9.80. The second-order valence-corrected chi connectivity index (χ2v) is 8.82. The van der Waals surface area contributed by atoms with Gasteiger partial charge in [0.15, 0.2) is 0 Å². The fourth-order valence-corrected chi connectivity index (χ4v) is 5.16. The van der Waals surface area contributed by atoms with Crippen LogP contribution in [0.2, 0.25) is 0 Å². The van der Waals surface area contributed by atoms with E-state index in [1.807, 2.05) is 12.1 Å². The van der Waals surface area contributed by atoms with Gasteiger partial charge in [-0.3, -0.25) is 19.7 Å². The summed E-state index contributed by atoms with van der Waals surface area (Å²) in [5.41, 5.74) is 3.27. The van der Waals surface area contributed by atoms with Crippen LogP contribution < -0.4 is 16.0 Å². The summed E-state index contributed by atoms with van der Waals surface area (Å²) in [5, 5.41) is 9.40. The molecule has 3 fully saturated rings. The molecule has 148 valence electrons. The Hall–Kier alpha value is -2.25. The minimum Gasteiger partial charge on any atom is -0.322 e. The first-order chi connectivity index (χ1) is 13.5. The van der Waals surface area contributed by atoms with Crippen molar-refractivity contribution in [2.45, 2.75) is 57.3 Å². The first-order valence-electron chi connectivity index (χ1n) is 10.2. The van der Waals surface area contributed by atoms with Crippen molar-refractivity contribution in [1.29, 1.82) is 0 Å². The van der Waals surface area contributed by atoms with Crippen LogP contribution in [0, 0.1) is 5.41 Å². The summed E-state index contributed by atoms with van der Waals surface area (Å²) in [4.78, 5) is 38.0. The Morgan fingerprint density at radius 3 is 2.75 bits per heavy atom. The van der Waals surface area contributed by atoms with E-state index in [-0.39, 0.29) is 24.1 Å². The van der Waals surface area contributed by atoms with Gasteiger partial charge in [-0.2, -0.15) is 0 Å². The number of carbonyl (C=O) groups excluding carboxylic acids is 3. The molecule has 28 heavy (non-hydrogen) atoms. The van der Waals surface area contributed by atoms with Gasteiger partial charge in [-0.05, 0) is 48.3 Å². The molecule has 1 spiro atoms. The first-order valence-corrected chi connectivity index (χ1v) is 10.2. The summed E-state index contributed by atoms with van der Waals surface area (Å²) < 4.78 is 0. The molecule has 1 aromatic carbocycles.